The molecule has 1 aromatic carbocycles. The Morgan fingerprint density at radius 2 is 2.00 bits per heavy atom. The Hall–Kier alpha value is -1.07. The molecule has 28 heavy (non-hydrogen) atoms. The monoisotopic (exact) mass is 523 g/mol. The van der Waals surface area contributed by atoms with Crippen molar-refractivity contribution >= 4 is 45.6 Å². The maximum absolute atomic E-state index is 11.5. The van der Waals surface area contributed by atoms with Gasteiger partial charge in [-0.25, -0.2) is 8.42 Å². The topological polar surface area (TPSA) is 85.8 Å². The Balaban J connectivity index is 0.00000392. The summed E-state index contributed by atoms with van der Waals surface area (Å²) in [6.07, 6.45) is 6.18. The van der Waals surface area contributed by atoms with Crippen molar-refractivity contribution in [2.24, 2.45) is 4.99 Å². The lowest BCUT2D eigenvalue weighted by Gasteiger charge is -2.33. The van der Waals surface area contributed by atoms with Crippen molar-refractivity contribution in [3.8, 4) is 0 Å². The standard InChI is InChI=1S/C19H33N5O2S.HI/c1-16-9-6-7-13-24(16)14-8-12-21-19(20-2)22-15-17-10-4-5-11-18(17)23-27(3,25)26;/h4-5,10-11,16,23H,6-9,12-15H2,1-3H3,(H2,20,21,22);1H. The second kappa shape index (κ2) is 12.5. The highest BCUT2D eigenvalue weighted by Crippen LogP contribution is 2.17. The lowest BCUT2D eigenvalue weighted by atomic mass is 10.0. The van der Waals surface area contributed by atoms with E-state index in [-0.39, 0.29) is 24.0 Å². The first-order chi connectivity index (χ1) is 12.9. The van der Waals surface area contributed by atoms with E-state index in [1.165, 1.54) is 25.8 Å². The van der Waals surface area contributed by atoms with Gasteiger partial charge in [-0.2, -0.15) is 0 Å². The minimum Gasteiger partial charge on any atom is -0.356 e. The Bertz CT molecular complexity index is 727. The van der Waals surface area contributed by atoms with E-state index in [1.807, 2.05) is 18.2 Å². The van der Waals surface area contributed by atoms with Crippen LogP contribution in [0.1, 0.15) is 38.2 Å². The Morgan fingerprint density at radius 3 is 2.68 bits per heavy atom. The molecule has 0 spiro atoms. The quantitative estimate of drug-likeness (QED) is 0.211. The molecule has 1 saturated heterocycles. The van der Waals surface area contributed by atoms with Gasteiger partial charge in [0.15, 0.2) is 5.96 Å². The van der Waals surface area contributed by atoms with Crippen molar-refractivity contribution in [3.63, 3.8) is 0 Å². The largest absolute Gasteiger partial charge is 0.356 e. The van der Waals surface area contributed by atoms with Crippen molar-refractivity contribution < 1.29 is 8.42 Å². The van der Waals surface area contributed by atoms with Crippen molar-refractivity contribution in [1.82, 2.24) is 15.5 Å². The van der Waals surface area contributed by atoms with E-state index >= 15 is 0 Å². The van der Waals surface area contributed by atoms with Gasteiger partial charge in [0.1, 0.15) is 0 Å². The van der Waals surface area contributed by atoms with Gasteiger partial charge in [-0.05, 0) is 44.4 Å². The van der Waals surface area contributed by atoms with E-state index in [0.717, 1.165) is 37.3 Å². The molecule has 1 fully saturated rings. The predicted octanol–water partition coefficient (Wildman–Crippen LogP) is 2.61. The van der Waals surface area contributed by atoms with E-state index in [9.17, 15) is 8.42 Å². The zero-order valence-corrected chi connectivity index (χ0v) is 20.2. The summed E-state index contributed by atoms with van der Waals surface area (Å²) in [5.41, 5.74) is 1.45. The molecule has 0 radical (unpaired) electrons. The summed E-state index contributed by atoms with van der Waals surface area (Å²) in [6.45, 7) is 5.97. The third-order valence-electron chi connectivity index (χ3n) is 4.84. The van der Waals surface area contributed by atoms with Crippen LogP contribution in [0.2, 0.25) is 0 Å². The smallest absolute Gasteiger partial charge is 0.229 e. The number of aliphatic imine (C=N–C) groups is 1. The van der Waals surface area contributed by atoms with E-state index in [1.54, 1.807) is 13.1 Å². The molecule has 0 amide bonds. The number of sulfonamides is 1. The first-order valence-electron chi connectivity index (χ1n) is 9.63. The maximum atomic E-state index is 11.5. The molecule has 7 nitrogen and oxygen atoms in total. The Kier molecular flexibility index (Phi) is 11.1. The number of nitrogens with zero attached hydrogens (tertiary/aromatic N) is 2. The Labute approximate surface area is 186 Å². The minimum absolute atomic E-state index is 0. The van der Waals surface area contributed by atoms with Crippen molar-refractivity contribution in [2.45, 2.75) is 45.2 Å². The van der Waals surface area contributed by atoms with Gasteiger partial charge >= 0.3 is 0 Å². The number of nitrogens with one attached hydrogen (secondary N) is 3. The highest BCUT2D eigenvalue weighted by molar-refractivity contribution is 14.0. The summed E-state index contributed by atoms with van der Waals surface area (Å²) < 4.78 is 25.6. The van der Waals surface area contributed by atoms with Gasteiger partial charge in [-0.15, -0.1) is 24.0 Å². The number of hydrogen-bond donors (Lipinski definition) is 3. The van der Waals surface area contributed by atoms with E-state index < -0.39 is 10.0 Å². The molecule has 9 heteroatoms. The number of rotatable bonds is 8. The zero-order valence-electron chi connectivity index (χ0n) is 17.1. The number of para-hydroxylation sites is 1. The SMILES string of the molecule is CN=C(NCCCN1CCCCC1C)NCc1ccccc1NS(C)(=O)=O.I. The normalized spacial score (nSPS) is 18.2. The molecule has 160 valence electrons. The minimum atomic E-state index is -3.30. The van der Waals surface area contributed by atoms with E-state index in [4.69, 9.17) is 0 Å². The molecular weight excluding hydrogens is 489 g/mol. The number of anilines is 1. The number of guanidine groups is 1. The van der Waals surface area contributed by atoms with Crippen LogP contribution in [-0.4, -0.2) is 58.3 Å². The van der Waals surface area contributed by atoms with Gasteiger partial charge in [-0.3, -0.25) is 9.71 Å². The summed E-state index contributed by atoms with van der Waals surface area (Å²) in [4.78, 5) is 6.81. The molecule has 0 saturated carbocycles. The summed E-state index contributed by atoms with van der Waals surface area (Å²) in [6, 6.07) is 8.04. The first-order valence-corrected chi connectivity index (χ1v) is 11.5. The number of halogens is 1. The third-order valence-corrected chi connectivity index (χ3v) is 5.43. The highest BCUT2D eigenvalue weighted by Gasteiger charge is 2.17. The van der Waals surface area contributed by atoms with Gasteiger partial charge in [-0.1, -0.05) is 24.6 Å². The van der Waals surface area contributed by atoms with E-state index in [2.05, 4.69) is 32.2 Å². The van der Waals surface area contributed by atoms with Crippen LogP contribution in [0, 0.1) is 0 Å². The average Bonchev–Trinajstić information content (AvgIpc) is 2.62. The fraction of sp³-hybridized carbons (Fsp3) is 0.632. The molecular formula is C19H34IN5O2S. The van der Waals surface area contributed by atoms with Crippen molar-refractivity contribution in [3.05, 3.63) is 29.8 Å². The van der Waals surface area contributed by atoms with Crippen LogP contribution in [0.4, 0.5) is 5.69 Å². The van der Waals surface area contributed by atoms with Crippen molar-refractivity contribution in [2.75, 3.05) is 37.7 Å². The average molecular weight is 523 g/mol. The molecule has 1 aliphatic rings. The fourth-order valence-electron chi connectivity index (χ4n) is 3.35. The Morgan fingerprint density at radius 1 is 1.25 bits per heavy atom. The van der Waals surface area contributed by atoms with Gasteiger partial charge in [0.2, 0.25) is 10.0 Å². The number of piperidine rings is 1. The molecule has 1 aromatic rings. The van der Waals surface area contributed by atoms with Crippen LogP contribution < -0.4 is 15.4 Å². The van der Waals surface area contributed by atoms with Gasteiger partial charge < -0.3 is 15.5 Å². The number of likely N-dealkylation sites (tertiary alicyclic amines) is 1. The summed E-state index contributed by atoms with van der Waals surface area (Å²) in [5.74, 6) is 0.718. The zero-order chi connectivity index (χ0) is 19.7. The second-order valence-electron chi connectivity index (χ2n) is 7.12. The summed E-state index contributed by atoms with van der Waals surface area (Å²) in [5, 5.41) is 6.58. The van der Waals surface area contributed by atoms with E-state index in [0.29, 0.717) is 18.3 Å². The molecule has 0 aliphatic carbocycles. The molecule has 3 N–H and O–H groups in total. The molecule has 1 unspecified atom stereocenters. The molecule has 1 atom stereocenters. The maximum Gasteiger partial charge on any atom is 0.229 e. The van der Waals surface area contributed by atoms with Crippen LogP contribution in [-0.2, 0) is 16.6 Å². The van der Waals surface area contributed by atoms with Crippen LogP contribution >= 0.6 is 24.0 Å². The molecule has 1 heterocycles. The fourth-order valence-corrected chi connectivity index (χ4v) is 3.95. The first kappa shape index (κ1) is 25.0. The molecule has 0 bridgehead atoms. The van der Waals surface area contributed by atoms with Crippen LogP contribution in [0.3, 0.4) is 0 Å². The van der Waals surface area contributed by atoms with Gasteiger partial charge in [0.05, 0.1) is 11.9 Å². The van der Waals surface area contributed by atoms with Crippen LogP contribution in [0.15, 0.2) is 29.3 Å². The molecule has 1 aliphatic heterocycles. The molecule has 0 aromatic heterocycles. The van der Waals surface area contributed by atoms with Gasteiger partial charge in [0.25, 0.3) is 0 Å². The van der Waals surface area contributed by atoms with Gasteiger partial charge in [0, 0.05) is 32.7 Å². The third kappa shape index (κ3) is 8.95. The van der Waals surface area contributed by atoms with Crippen LogP contribution in [0.5, 0.6) is 0 Å². The highest BCUT2D eigenvalue weighted by atomic mass is 127. The predicted molar refractivity (Wildman–Crippen MR) is 128 cm³/mol. The molecule has 2 rings (SSSR count). The van der Waals surface area contributed by atoms with Crippen LogP contribution in [0.25, 0.3) is 0 Å². The van der Waals surface area contributed by atoms with Crippen molar-refractivity contribution in [1.29, 1.82) is 0 Å². The number of benzene rings is 1. The summed E-state index contributed by atoms with van der Waals surface area (Å²) in [7, 11) is -1.57. The second-order valence-corrected chi connectivity index (χ2v) is 8.87. The summed E-state index contributed by atoms with van der Waals surface area (Å²) >= 11 is 0. The lowest BCUT2D eigenvalue weighted by Crippen LogP contribution is -2.41. The lowest BCUT2D eigenvalue weighted by molar-refractivity contribution is 0.159. The number of hydrogen-bond acceptors (Lipinski definition) is 4.